The molecular weight excluding hydrogens is 298 g/mol. The zero-order chi connectivity index (χ0) is 15.5. The Labute approximate surface area is 129 Å². The maximum absolute atomic E-state index is 9.11. The largest absolute Gasteiger partial charge is 0.320 e. The first-order valence-electron chi connectivity index (χ1n) is 6.25. The van der Waals surface area contributed by atoms with Gasteiger partial charge in [0, 0.05) is 5.69 Å². The van der Waals surface area contributed by atoms with E-state index in [0.717, 1.165) is 5.69 Å². The molecule has 22 heavy (non-hydrogen) atoms. The van der Waals surface area contributed by atoms with Crippen LogP contribution in [0.5, 0.6) is 0 Å². The van der Waals surface area contributed by atoms with Gasteiger partial charge in [-0.2, -0.15) is 15.6 Å². The van der Waals surface area contributed by atoms with Crippen LogP contribution < -0.4 is 10.6 Å². The summed E-state index contributed by atoms with van der Waals surface area (Å²) in [7, 11) is 0. The van der Waals surface area contributed by atoms with E-state index < -0.39 is 5.92 Å². The molecular formula is C14H9N7S. The molecule has 0 aliphatic rings. The van der Waals surface area contributed by atoms with Crippen LogP contribution in [-0.4, -0.2) is 14.5 Å². The van der Waals surface area contributed by atoms with Crippen LogP contribution in [0.2, 0.25) is 0 Å². The van der Waals surface area contributed by atoms with Crippen LogP contribution >= 0.6 is 11.3 Å². The highest BCUT2D eigenvalue weighted by molar-refractivity contribution is 7.16. The lowest BCUT2D eigenvalue weighted by atomic mass is 10.1. The minimum absolute atomic E-state index is 0.375. The molecule has 0 fully saturated rings. The van der Waals surface area contributed by atoms with Crippen molar-refractivity contribution in [2.75, 3.05) is 0 Å². The number of nitrogens with two attached hydrogens (primary N) is 1. The molecule has 3 aromatic rings. The van der Waals surface area contributed by atoms with Crippen LogP contribution in [0.15, 0.2) is 41.8 Å². The summed E-state index contributed by atoms with van der Waals surface area (Å²) in [4.78, 5) is 8.87. The van der Waals surface area contributed by atoms with Crippen molar-refractivity contribution in [1.82, 2.24) is 14.5 Å². The summed E-state index contributed by atoms with van der Waals surface area (Å²) in [5.41, 5.74) is 1.79. The molecule has 2 N–H and O–H groups in total. The number of hydrogen-bond donors (Lipinski definition) is 1. The molecule has 106 valence electrons. The lowest BCUT2D eigenvalue weighted by molar-refractivity contribution is 0.959. The highest BCUT2D eigenvalue weighted by Crippen LogP contribution is 2.25. The minimum atomic E-state index is -0.959. The van der Waals surface area contributed by atoms with Gasteiger partial charge in [0.15, 0.2) is 11.6 Å². The maximum atomic E-state index is 9.11. The average Bonchev–Trinajstić information content (AvgIpc) is 2.96. The molecule has 1 aromatic carbocycles. The zero-order valence-corrected chi connectivity index (χ0v) is 12.0. The normalized spacial score (nSPS) is 11.5. The van der Waals surface area contributed by atoms with Crippen LogP contribution in [-0.2, 0) is 0 Å². The summed E-state index contributed by atoms with van der Waals surface area (Å²) >= 11 is 1.25. The molecule has 0 radical (unpaired) electrons. The maximum Gasteiger partial charge on any atom is 0.214 e. The van der Waals surface area contributed by atoms with Gasteiger partial charge in [0.2, 0.25) is 4.80 Å². The monoisotopic (exact) mass is 307 g/mol. The van der Waals surface area contributed by atoms with E-state index in [4.69, 9.17) is 16.4 Å². The molecule has 0 saturated carbocycles. The zero-order valence-electron chi connectivity index (χ0n) is 11.2. The number of rotatable bonds is 2. The van der Waals surface area contributed by atoms with Crippen LogP contribution in [0.4, 0.5) is 0 Å². The Morgan fingerprint density at radius 3 is 2.55 bits per heavy atom. The van der Waals surface area contributed by atoms with Crippen molar-refractivity contribution in [3.05, 3.63) is 47.2 Å². The smallest absolute Gasteiger partial charge is 0.214 e. The first-order valence-corrected chi connectivity index (χ1v) is 7.06. The van der Waals surface area contributed by atoms with E-state index in [1.54, 1.807) is 4.57 Å². The molecule has 0 aliphatic carbocycles. The van der Waals surface area contributed by atoms with Crippen LogP contribution in [0, 0.1) is 22.7 Å². The van der Waals surface area contributed by atoms with E-state index in [-0.39, 0.29) is 0 Å². The fourth-order valence-electron chi connectivity index (χ4n) is 2.11. The summed E-state index contributed by atoms with van der Waals surface area (Å²) in [6, 6.07) is 13.3. The number of para-hydroxylation sites is 1. The van der Waals surface area contributed by atoms with Gasteiger partial charge in [-0.25, -0.2) is 9.97 Å². The second-order valence-electron chi connectivity index (χ2n) is 4.29. The lowest BCUT2D eigenvalue weighted by Gasteiger charge is -2.04. The summed E-state index contributed by atoms with van der Waals surface area (Å²) < 4.78 is 2.40. The molecule has 0 atom stereocenters. The minimum Gasteiger partial charge on any atom is -0.320 e. The van der Waals surface area contributed by atoms with E-state index in [0.29, 0.717) is 20.8 Å². The second kappa shape index (κ2) is 5.64. The van der Waals surface area contributed by atoms with Crippen molar-refractivity contribution in [1.29, 1.82) is 10.5 Å². The summed E-state index contributed by atoms with van der Waals surface area (Å²) in [5.74, 6) is 4.52. The molecule has 0 amide bonds. The van der Waals surface area contributed by atoms with Crippen LogP contribution in [0.25, 0.3) is 16.0 Å². The fourth-order valence-corrected chi connectivity index (χ4v) is 3.14. The third-order valence-electron chi connectivity index (χ3n) is 3.07. The number of benzene rings is 1. The Kier molecular flexibility index (Phi) is 3.52. The van der Waals surface area contributed by atoms with Gasteiger partial charge < -0.3 is 5.84 Å². The SMILES string of the molecule is N#CC(C#N)c1ncnc2c1s/c(=N\N)n2-c1ccccc1. The summed E-state index contributed by atoms with van der Waals surface area (Å²) in [5, 5.41) is 22.0. The Morgan fingerprint density at radius 1 is 1.18 bits per heavy atom. The Morgan fingerprint density at radius 2 is 1.91 bits per heavy atom. The van der Waals surface area contributed by atoms with Crippen molar-refractivity contribution in [2.45, 2.75) is 5.92 Å². The Hall–Kier alpha value is -3.23. The average molecular weight is 307 g/mol. The van der Waals surface area contributed by atoms with E-state index in [9.17, 15) is 0 Å². The van der Waals surface area contributed by atoms with Gasteiger partial charge in [-0.3, -0.25) is 4.57 Å². The van der Waals surface area contributed by atoms with E-state index in [1.165, 1.54) is 17.7 Å². The van der Waals surface area contributed by atoms with Crippen LogP contribution in [0.1, 0.15) is 11.6 Å². The molecule has 0 unspecified atom stereocenters. The number of thiazole rings is 1. The molecule has 2 aromatic heterocycles. The molecule has 0 bridgehead atoms. The first kappa shape index (κ1) is 13.7. The number of nitrogens with zero attached hydrogens (tertiary/aromatic N) is 6. The molecule has 7 nitrogen and oxygen atoms in total. The molecule has 0 aliphatic heterocycles. The molecule has 2 heterocycles. The predicted molar refractivity (Wildman–Crippen MR) is 80.5 cm³/mol. The van der Waals surface area contributed by atoms with Crippen molar-refractivity contribution in [3.63, 3.8) is 0 Å². The first-order chi connectivity index (χ1) is 10.8. The predicted octanol–water partition coefficient (Wildman–Crippen LogP) is 1.39. The number of nitriles is 2. The third kappa shape index (κ3) is 2.08. The topological polar surface area (TPSA) is 117 Å². The molecule has 3 rings (SSSR count). The fraction of sp³-hybridized carbons (Fsp3) is 0.0714. The summed E-state index contributed by atoms with van der Waals surface area (Å²) in [6.07, 6.45) is 1.34. The van der Waals surface area contributed by atoms with Crippen molar-refractivity contribution in [3.8, 4) is 17.8 Å². The van der Waals surface area contributed by atoms with Crippen LogP contribution in [0.3, 0.4) is 0 Å². The van der Waals surface area contributed by atoms with E-state index in [2.05, 4.69) is 15.1 Å². The van der Waals surface area contributed by atoms with Gasteiger partial charge in [0.05, 0.1) is 22.5 Å². The quantitative estimate of drug-likeness (QED) is 0.567. The Balaban J connectivity index is 2.39. The van der Waals surface area contributed by atoms with Crippen molar-refractivity contribution >= 4 is 21.7 Å². The highest BCUT2D eigenvalue weighted by Gasteiger charge is 2.20. The standard InChI is InChI=1S/C14H9N7S/c15-6-9(7-16)11-12-13(19-8-18-11)21(14(20-17)22-12)10-4-2-1-3-5-10/h1-5,8-9H,17H2/b20-14-. The van der Waals surface area contributed by atoms with E-state index >= 15 is 0 Å². The third-order valence-corrected chi connectivity index (χ3v) is 4.13. The van der Waals surface area contributed by atoms with Gasteiger partial charge in [0.25, 0.3) is 0 Å². The molecule has 0 spiro atoms. The second-order valence-corrected chi connectivity index (χ2v) is 5.27. The van der Waals surface area contributed by atoms with Crippen molar-refractivity contribution < 1.29 is 0 Å². The van der Waals surface area contributed by atoms with Gasteiger partial charge in [-0.05, 0) is 12.1 Å². The lowest BCUT2D eigenvalue weighted by Crippen LogP contribution is -2.15. The number of aromatic nitrogens is 3. The number of hydrogen-bond acceptors (Lipinski definition) is 7. The van der Waals surface area contributed by atoms with Gasteiger partial charge in [-0.15, -0.1) is 0 Å². The Bertz CT molecular complexity index is 958. The van der Waals surface area contributed by atoms with Gasteiger partial charge in [0.1, 0.15) is 6.33 Å². The highest BCUT2D eigenvalue weighted by atomic mass is 32.1. The van der Waals surface area contributed by atoms with E-state index in [1.807, 2.05) is 42.5 Å². The number of fused-ring (bicyclic) bond motifs is 1. The summed E-state index contributed by atoms with van der Waals surface area (Å²) in [6.45, 7) is 0. The van der Waals surface area contributed by atoms with Crippen molar-refractivity contribution in [2.24, 2.45) is 10.9 Å². The van der Waals surface area contributed by atoms with Gasteiger partial charge in [-0.1, -0.05) is 29.5 Å². The molecule has 8 heteroatoms. The van der Waals surface area contributed by atoms with Gasteiger partial charge >= 0.3 is 0 Å². The molecule has 0 saturated heterocycles.